The molecule has 1 N–H and O–H groups in total. The van der Waals surface area contributed by atoms with Gasteiger partial charge in [0, 0.05) is 19.1 Å². The second-order valence-corrected chi connectivity index (χ2v) is 5.88. The predicted octanol–water partition coefficient (Wildman–Crippen LogP) is 2.89. The average Bonchev–Trinajstić information content (AvgIpc) is 3.01. The first-order valence-corrected chi connectivity index (χ1v) is 7.02. The van der Waals surface area contributed by atoms with E-state index in [2.05, 4.69) is 38.0 Å². The summed E-state index contributed by atoms with van der Waals surface area (Å²) < 4.78 is 0. The van der Waals surface area contributed by atoms with Gasteiger partial charge in [0.2, 0.25) is 0 Å². The summed E-state index contributed by atoms with van der Waals surface area (Å²) in [6.07, 6.45) is 6.70. The van der Waals surface area contributed by atoms with Gasteiger partial charge in [-0.05, 0) is 44.7 Å². The number of rotatable bonds is 9. The van der Waals surface area contributed by atoms with Crippen LogP contribution in [0, 0.1) is 5.41 Å². The smallest absolute Gasteiger partial charge is 0.00936 e. The molecule has 0 spiro atoms. The molecule has 1 unspecified atom stereocenters. The van der Waals surface area contributed by atoms with Gasteiger partial charge < -0.3 is 10.2 Å². The zero-order valence-electron chi connectivity index (χ0n) is 11.7. The molecule has 16 heavy (non-hydrogen) atoms. The molecule has 0 aromatic heterocycles. The molecule has 0 amide bonds. The normalized spacial score (nSPS) is 20.1. The van der Waals surface area contributed by atoms with E-state index in [1.165, 1.54) is 45.2 Å². The largest absolute Gasteiger partial charge is 0.316 e. The van der Waals surface area contributed by atoms with E-state index in [-0.39, 0.29) is 0 Å². The molecular weight excluding hydrogens is 196 g/mol. The second kappa shape index (κ2) is 6.61. The van der Waals surface area contributed by atoms with Crippen LogP contribution in [0.4, 0.5) is 0 Å². The van der Waals surface area contributed by atoms with E-state index in [0.29, 0.717) is 5.41 Å². The Morgan fingerprint density at radius 2 is 1.94 bits per heavy atom. The Balaban J connectivity index is 2.35. The van der Waals surface area contributed by atoms with Gasteiger partial charge in [0.1, 0.15) is 0 Å². The van der Waals surface area contributed by atoms with Crippen molar-refractivity contribution >= 4 is 0 Å². The first-order chi connectivity index (χ1) is 7.61. The minimum atomic E-state index is 0.460. The maximum absolute atomic E-state index is 3.60. The van der Waals surface area contributed by atoms with Crippen LogP contribution in [0.5, 0.6) is 0 Å². The summed E-state index contributed by atoms with van der Waals surface area (Å²) in [5.74, 6) is 0. The molecule has 1 aliphatic rings. The van der Waals surface area contributed by atoms with Crippen LogP contribution in [0.1, 0.15) is 52.9 Å². The van der Waals surface area contributed by atoms with Crippen LogP contribution in [0.2, 0.25) is 0 Å². The van der Waals surface area contributed by atoms with Crippen LogP contribution >= 0.6 is 0 Å². The number of nitrogens with one attached hydrogen (secondary N) is 1. The molecule has 1 fully saturated rings. The van der Waals surface area contributed by atoms with Gasteiger partial charge in [0.15, 0.2) is 0 Å². The molecule has 0 bridgehead atoms. The highest BCUT2D eigenvalue weighted by atomic mass is 15.2. The fraction of sp³-hybridized carbons (Fsp3) is 1.00. The Morgan fingerprint density at radius 1 is 1.25 bits per heavy atom. The lowest BCUT2D eigenvalue weighted by atomic mass is 9.84. The van der Waals surface area contributed by atoms with E-state index in [1.54, 1.807) is 0 Å². The molecular formula is C14H30N2. The van der Waals surface area contributed by atoms with E-state index in [1.807, 2.05) is 0 Å². The second-order valence-electron chi connectivity index (χ2n) is 5.88. The van der Waals surface area contributed by atoms with E-state index >= 15 is 0 Å². The van der Waals surface area contributed by atoms with Crippen molar-refractivity contribution in [3.05, 3.63) is 0 Å². The zero-order valence-corrected chi connectivity index (χ0v) is 11.7. The molecule has 0 heterocycles. The lowest BCUT2D eigenvalue weighted by molar-refractivity contribution is 0.168. The lowest BCUT2D eigenvalue weighted by Gasteiger charge is -2.34. The fourth-order valence-electron chi connectivity index (χ4n) is 2.64. The summed E-state index contributed by atoms with van der Waals surface area (Å²) in [5, 5.41) is 3.60. The quantitative estimate of drug-likeness (QED) is 0.608. The maximum atomic E-state index is 3.60. The van der Waals surface area contributed by atoms with Gasteiger partial charge in [-0.2, -0.15) is 0 Å². The first kappa shape index (κ1) is 14.0. The average molecular weight is 226 g/mol. The first-order valence-electron chi connectivity index (χ1n) is 7.02. The van der Waals surface area contributed by atoms with Crippen LogP contribution in [-0.2, 0) is 0 Å². The predicted molar refractivity (Wildman–Crippen MR) is 71.8 cm³/mol. The highest BCUT2D eigenvalue weighted by molar-refractivity contribution is 4.87. The van der Waals surface area contributed by atoms with Gasteiger partial charge in [-0.1, -0.05) is 27.2 Å². The Kier molecular flexibility index (Phi) is 5.77. The van der Waals surface area contributed by atoms with E-state index < -0.39 is 0 Å². The molecule has 2 heteroatoms. The standard InChI is InChI=1S/C14H30N2/c1-5-9-14(3,11-15-10-6-2)12-16(4)13-7-8-13/h13,15H,5-12H2,1-4H3. The molecule has 1 atom stereocenters. The highest BCUT2D eigenvalue weighted by Gasteiger charge is 2.32. The molecule has 96 valence electrons. The van der Waals surface area contributed by atoms with Crippen molar-refractivity contribution in [3.63, 3.8) is 0 Å². The monoisotopic (exact) mass is 226 g/mol. The molecule has 1 saturated carbocycles. The third-order valence-electron chi connectivity index (χ3n) is 3.63. The SMILES string of the molecule is CCCNCC(C)(CCC)CN(C)C1CC1. The molecule has 0 aromatic carbocycles. The Bertz CT molecular complexity index is 189. The Labute approximate surface area is 102 Å². The number of hydrogen-bond donors (Lipinski definition) is 1. The van der Waals surface area contributed by atoms with Crippen molar-refractivity contribution < 1.29 is 0 Å². The maximum Gasteiger partial charge on any atom is 0.00936 e. The van der Waals surface area contributed by atoms with Gasteiger partial charge >= 0.3 is 0 Å². The van der Waals surface area contributed by atoms with Crippen LogP contribution < -0.4 is 5.32 Å². The third-order valence-corrected chi connectivity index (χ3v) is 3.63. The fourth-order valence-corrected chi connectivity index (χ4v) is 2.64. The van der Waals surface area contributed by atoms with Gasteiger partial charge in [0.05, 0.1) is 0 Å². The summed E-state index contributed by atoms with van der Waals surface area (Å²) in [6, 6.07) is 0.891. The van der Waals surface area contributed by atoms with E-state index in [4.69, 9.17) is 0 Å². The molecule has 1 aliphatic carbocycles. The molecule has 1 rings (SSSR count). The van der Waals surface area contributed by atoms with Crippen LogP contribution in [0.15, 0.2) is 0 Å². The van der Waals surface area contributed by atoms with Crippen LogP contribution in [0.25, 0.3) is 0 Å². The number of hydrogen-bond acceptors (Lipinski definition) is 2. The van der Waals surface area contributed by atoms with Gasteiger partial charge in [-0.3, -0.25) is 0 Å². The van der Waals surface area contributed by atoms with Crippen molar-refractivity contribution in [3.8, 4) is 0 Å². The summed E-state index contributed by atoms with van der Waals surface area (Å²) in [7, 11) is 2.30. The minimum absolute atomic E-state index is 0.460. The topological polar surface area (TPSA) is 15.3 Å². The molecule has 0 radical (unpaired) electrons. The molecule has 0 aromatic rings. The third kappa shape index (κ3) is 4.84. The van der Waals surface area contributed by atoms with Gasteiger partial charge in [-0.15, -0.1) is 0 Å². The molecule has 0 saturated heterocycles. The summed E-state index contributed by atoms with van der Waals surface area (Å²) in [5.41, 5.74) is 0.460. The summed E-state index contributed by atoms with van der Waals surface area (Å²) >= 11 is 0. The number of nitrogens with zero attached hydrogens (tertiary/aromatic N) is 1. The highest BCUT2D eigenvalue weighted by Crippen LogP contribution is 2.30. The van der Waals surface area contributed by atoms with Gasteiger partial charge in [-0.25, -0.2) is 0 Å². The minimum Gasteiger partial charge on any atom is -0.316 e. The van der Waals surface area contributed by atoms with Crippen molar-refractivity contribution in [1.82, 2.24) is 10.2 Å². The van der Waals surface area contributed by atoms with Crippen LogP contribution in [-0.4, -0.2) is 37.6 Å². The molecule has 0 aliphatic heterocycles. The zero-order chi connectivity index (χ0) is 12.0. The van der Waals surface area contributed by atoms with Gasteiger partial charge in [0.25, 0.3) is 0 Å². The van der Waals surface area contributed by atoms with Crippen molar-refractivity contribution in [2.24, 2.45) is 5.41 Å². The summed E-state index contributed by atoms with van der Waals surface area (Å²) in [4.78, 5) is 2.57. The van der Waals surface area contributed by atoms with E-state index in [0.717, 1.165) is 12.6 Å². The van der Waals surface area contributed by atoms with Crippen molar-refractivity contribution in [2.75, 3.05) is 26.7 Å². The van der Waals surface area contributed by atoms with Crippen LogP contribution in [0.3, 0.4) is 0 Å². The lowest BCUT2D eigenvalue weighted by Crippen LogP contribution is -2.42. The summed E-state index contributed by atoms with van der Waals surface area (Å²) in [6.45, 7) is 10.6. The Morgan fingerprint density at radius 3 is 2.44 bits per heavy atom. The van der Waals surface area contributed by atoms with Crippen molar-refractivity contribution in [1.29, 1.82) is 0 Å². The van der Waals surface area contributed by atoms with E-state index in [9.17, 15) is 0 Å². The van der Waals surface area contributed by atoms with Crippen molar-refractivity contribution in [2.45, 2.75) is 58.9 Å². The Hall–Kier alpha value is -0.0800. The molecule has 2 nitrogen and oxygen atoms in total.